The highest BCUT2D eigenvalue weighted by Crippen LogP contribution is 2.45. The summed E-state index contributed by atoms with van der Waals surface area (Å²) >= 11 is 12.4. The summed E-state index contributed by atoms with van der Waals surface area (Å²) in [5.74, 6) is -2.10. The van der Waals surface area contributed by atoms with E-state index in [2.05, 4.69) is 0 Å². The number of carbonyl (C=O) groups excluding carboxylic acids is 1. The zero-order valence-corrected chi connectivity index (χ0v) is 23.6. The number of carboxylic acids is 1. The Kier molecular flexibility index (Phi) is 9.67. The first-order valence-electron chi connectivity index (χ1n) is 12.3. The Morgan fingerprint density at radius 3 is 2.24 bits per heavy atom. The van der Waals surface area contributed by atoms with E-state index < -0.39 is 57.7 Å². The highest BCUT2D eigenvalue weighted by Gasteiger charge is 2.48. The molecule has 0 radical (unpaired) electrons. The van der Waals surface area contributed by atoms with Crippen molar-refractivity contribution in [3.63, 3.8) is 0 Å². The van der Waals surface area contributed by atoms with Crippen LogP contribution in [0.5, 0.6) is 0 Å². The highest BCUT2D eigenvalue weighted by molar-refractivity contribution is 7.92. The Hall–Kier alpha value is -2.13. The normalized spacial score (nSPS) is 22.2. The van der Waals surface area contributed by atoms with Crippen molar-refractivity contribution in [2.24, 2.45) is 5.92 Å². The minimum Gasteiger partial charge on any atom is -0.481 e. The van der Waals surface area contributed by atoms with Gasteiger partial charge in [0.05, 0.1) is 23.5 Å². The molecule has 7 nitrogen and oxygen atoms in total. The van der Waals surface area contributed by atoms with Crippen LogP contribution in [-0.4, -0.2) is 53.4 Å². The van der Waals surface area contributed by atoms with Crippen LogP contribution in [0.3, 0.4) is 0 Å². The molecule has 202 valence electrons. The molecule has 37 heavy (non-hydrogen) atoms. The summed E-state index contributed by atoms with van der Waals surface area (Å²) in [6, 6.07) is 12.4. The van der Waals surface area contributed by atoms with Gasteiger partial charge < -0.3 is 14.7 Å². The zero-order valence-electron chi connectivity index (χ0n) is 21.3. The van der Waals surface area contributed by atoms with Crippen molar-refractivity contribution in [3.8, 4) is 0 Å². The van der Waals surface area contributed by atoms with E-state index in [1.807, 2.05) is 20.8 Å². The van der Waals surface area contributed by atoms with Crippen LogP contribution in [0.25, 0.3) is 0 Å². The van der Waals surface area contributed by atoms with Gasteiger partial charge in [-0.1, -0.05) is 68.2 Å². The molecule has 0 saturated carbocycles. The molecule has 1 fully saturated rings. The van der Waals surface area contributed by atoms with Crippen molar-refractivity contribution in [1.29, 1.82) is 0 Å². The number of benzene rings is 2. The zero-order chi connectivity index (χ0) is 27.5. The molecule has 1 aliphatic heterocycles. The second kappa shape index (κ2) is 12.2. The second-order valence-corrected chi connectivity index (χ2v) is 13.1. The lowest BCUT2D eigenvalue weighted by Gasteiger charge is -2.48. The van der Waals surface area contributed by atoms with Crippen LogP contribution < -0.4 is 0 Å². The van der Waals surface area contributed by atoms with Crippen LogP contribution in [0.2, 0.25) is 10.0 Å². The number of carboxylic acid groups (broad SMARTS) is 1. The monoisotopic (exact) mass is 569 g/mol. The Balaban J connectivity index is 2.19. The van der Waals surface area contributed by atoms with Gasteiger partial charge in [-0.2, -0.15) is 0 Å². The molecule has 1 amide bonds. The van der Waals surface area contributed by atoms with Crippen LogP contribution >= 0.6 is 23.2 Å². The van der Waals surface area contributed by atoms with Gasteiger partial charge in [0, 0.05) is 16.1 Å². The van der Waals surface area contributed by atoms with Gasteiger partial charge in [0.25, 0.3) is 5.91 Å². The van der Waals surface area contributed by atoms with E-state index in [0.717, 1.165) is 0 Å². The van der Waals surface area contributed by atoms with E-state index in [1.54, 1.807) is 55.5 Å². The summed E-state index contributed by atoms with van der Waals surface area (Å²) in [5, 5.41) is 9.87. The second-order valence-electron chi connectivity index (χ2n) is 9.78. The van der Waals surface area contributed by atoms with Crippen LogP contribution in [-0.2, 0) is 24.2 Å². The minimum atomic E-state index is -3.58. The SMILES string of the molecule is CCC(CS(=O)(=O)C(C)C(C)C)N1C(=O)C(CC(=O)O)OC(c2cccc(Cl)c2)C1c1ccc(Cl)cc1. The van der Waals surface area contributed by atoms with Crippen LogP contribution in [0, 0.1) is 5.92 Å². The first-order chi connectivity index (χ1) is 17.4. The van der Waals surface area contributed by atoms with E-state index in [4.69, 9.17) is 27.9 Å². The predicted molar refractivity (Wildman–Crippen MR) is 145 cm³/mol. The number of aliphatic carboxylic acids is 1. The summed E-state index contributed by atoms with van der Waals surface area (Å²) in [6.07, 6.45) is -2.28. The Morgan fingerprint density at radius 2 is 1.70 bits per heavy atom. The smallest absolute Gasteiger partial charge is 0.306 e. The third-order valence-electron chi connectivity index (χ3n) is 6.97. The molecular formula is C27H33Cl2NO6S. The van der Waals surface area contributed by atoms with Crippen molar-refractivity contribution in [2.75, 3.05) is 5.75 Å². The lowest BCUT2D eigenvalue weighted by atomic mass is 9.89. The molecule has 1 heterocycles. The number of sulfone groups is 1. The van der Waals surface area contributed by atoms with Crippen molar-refractivity contribution < 1.29 is 27.9 Å². The maximum atomic E-state index is 13.8. The number of halogens is 2. The average molecular weight is 571 g/mol. The van der Waals surface area contributed by atoms with Crippen molar-refractivity contribution in [2.45, 2.75) is 70.1 Å². The molecule has 5 atom stereocenters. The number of ether oxygens (including phenoxy) is 1. The van der Waals surface area contributed by atoms with Gasteiger partial charge in [0.1, 0.15) is 12.2 Å². The molecule has 1 aliphatic rings. The maximum absolute atomic E-state index is 13.8. The molecule has 1 saturated heterocycles. The molecule has 0 bridgehead atoms. The fraction of sp³-hybridized carbons (Fsp3) is 0.481. The molecule has 0 aliphatic carbocycles. The number of hydrogen-bond acceptors (Lipinski definition) is 5. The van der Waals surface area contributed by atoms with E-state index >= 15 is 0 Å². The van der Waals surface area contributed by atoms with Gasteiger partial charge in [-0.15, -0.1) is 0 Å². The quantitative estimate of drug-likeness (QED) is 0.393. The summed E-state index contributed by atoms with van der Waals surface area (Å²) in [4.78, 5) is 27.0. The van der Waals surface area contributed by atoms with Gasteiger partial charge in [-0.05, 0) is 54.7 Å². The van der Waals surface area contributed by atoms with Crippen molar-refractivity contribution in [3.05, 3.63) is 69.7 Å². The average Bonchev–Trinajstić information content (AvgIpc) is 2.83. The van der Waals surface area contributed by atoms with E-state index in [9.17, 15) is 23.1 Å². The van der Waals surface area contributed by atoms with Crippen LogP contribution in [0.4, 0.5) is 0 Å². The van der Waals surface area contributed by atoms with E-state index in [-0.39, 0.29) is 11.7 Å². The van der Waals surface area contributed by atoms with Gasteiger partial charge >= 0.3 is 5.97 Å². The van der Waals surface area contributed by atoms with Gasteiger partial charge in [-0.25, -0.2) is 8.42 Å². The third-order valence-corrected chi connectivity index (χ3v) is 9.98. The number of morpholine rings is 1. The van der Waals surface area contributed by atoms with E-state index in [0.29, 0.717) is 27.6 Å². The Labute approximate surface area is 228 Å². The number of nitrogens with zero attached hydrogens (tertiary/aromatic N) is 1. The number of rotatable bonds is 10. The van der Waals surface area contributed by atoms with Crippen molar-refractivity contribution in [1.82, 2.24) is 4.90 Å². The number of carbonyl (C=O) groups is 2. The molecule has 1 N–H and O–H groups in total. The van der Waals surface area contributed by atoms with Gasteiger partial charge in [0.2, 0.25) is 0 Å². The molecule has 10 heteroatoms. The number of hydrogen-bond donors (Lipinski definition) is 1. The molecular weight excluding hydrogens is 537 g/mol. The lowest BCUT2D eigenvalue weighted by molar-refractivity contribution is -0.182. The summed E-state index contributed by atoms with van der Waals surface area (Å²) in [6.45, 7) is 7.18. The van der Waals surface area contributed by atoms with Gasteiger partial charge in [-0.3, -0.25) is 9.59 Å². The summed E-state index contributed by atoms with van der Waals surface area (Å²) < 4.78 is 32.8. The summed E-state index contributed by atoms with van der Waals surface area (Å²) in [5.41, 5.74) is 1.33. The Bertz CT molecular complexity index is 1220. The molecule has 0 aromatic heterocycles. The van der Waals surface area contributed by atoms with Gasteiger partial charge in [0.15, 0.2) is 9.84 Å². The molecule has 2 aromatic carbocycles. The first-order valence-corrected chi connectivity index (χ1v) is 14.7. The largest absolute Gasteiger partial charge is 0.481 e. The lowest BCUT2D eigenvalue weighted by Crippen LogP contribution is -2.57. The molecule has 0 spiro atoms. The third kappa shape index (κ3) is 6.85. The topological polar surface area (TPSA) is 101 Å². The van der Waals surface area contributed by atoms with Crippen LogP contribution in [0.15, 0.2) is 48.5 Å². The fourth-order valence-corrected chi connectivity index (χ4v) is 7.02. The standard InChI is InChI=1S/C27H33Cl2NO6S/c1-5-22(15-37(34,35)17(4)16(2)3)30-25(18-9-11-20(28)12-10-18)26(19-7-6-8-21(29)13-19)36-23(27(30)33)14-24(31)32/h6-13,16-17,22-23,25-26H,5,14-15H2,1-4H3,(H,31,32). The first kappa shape index (κ1) is 29.4. The van der Waals surface area contributed by atoms with Crippen LogP contribution in [0.1, 0.15) is 63.8 Å². The maximum Gasteiger partial charge on any atom is 0.306 e. The predicted octanol–water partition coefficient (Wildman–Crippen LogP) is 5.72. The Morgan fingerprint density at radius 1 is 1.05 bits per heavy atom. The van der Waals surface area contributed by atoms with E-state index in [1.165, 1.54) is 4.90 Å². The number of amides is 1. The minimum absolute atomic E-state index is 0.103. The van der Waals surface area contributed by atoms with Crippen molar-refractivity contribution >= 4 is 44.9 Å². The highest BCUT2D eigenvalue weighted by atomic mass is 35.5. The molecule has 2 aromatic rings. The summed E-state index contributed by atoms with van der Waals surface area (Å²) in [7, 11) is -3.58. The molecule has 5 unspecified atom stereocenters. The molecule has 3 rings (SSSR count). The fourth-order valence-electron chi connectivity index (χ4n) is 4.63.